The number of nitrogens with one attached hydrogen (secondary N) is 2. The average Bonchev–Trinajstić information content (AvgIpc) is 2.42. The first kappa shape index (κ1) is 12.9. The van der Waals surface area contributed by atoms with Crippen molar-refractivity contribution in [3.63, 3.8) is 0 Å². The number of nitrogens with zero attached hydrogens (tertiary/aromatic N) is 1. The summed E-state index contributed by atoms with van der Waals surface area (Å²) in [5.41, 5.74) is 5.98. The summed E-state index contributed by atoms with van der Waals surface area (Å²) in [5.74, 6) is 0.122. The normalized spacial score (nSPS) is 12.1. The largest absolute Gasteiger partial charge is 0.383 e. The van der Waals surface area contributed by atoms with Gasteiger partial charge in [-0.05, 0) is 12.5 Å². The first-order valence-electron chi connectivity index (χ1n) is 5.91. The maximum Gasteiger partial charge on any atom is 0.329 e. The molecule has 100 valence electrons. The van der Waals surface area contributed by atoms with E-state index in [-0.39, 0.29) is 17.5 Å². The number of aromatic amines is 1. The number of aromatic nitrogens is 2. The molecule has 1 unspecified atom stereocenters. The predicted molar refractivity (Wildman–Crippen MR) is 75.2 cm³/mol. The lowest BCUT2D eigenvalue weighted by atomic mass is 10.1. The molecule has 4 N–H and O–H groups in total. The second-order valence-electron chi connectivity index (χ2n) is 4.36. The van der Waals surface area contributed by atoms with Gasteiger partial charge in [-0.3, -0.25) is 14.3 Å². The second kappa shape index (κ2) is 5.01. The van der Waals surface area contributed by atoms with Crippen LogP contribution in [0.15, 0.2) is 39.9 Å². The SMILES string of the molecule is CC(Nc1c(N)n(C)c(=O)[nH]c1=O)c1ccccc1. The predicted octanol–water partition coefficient (Wildman–Crippen LogP) is 0.829. The van der Waals surface area contributed by atoms with Gasteiger partial charge in [0.1, 0.15) is 11.5 Å². The molecule has 1 heterocycles. The fourth-order valence-electron chi connectivity index (χ4n) is 1.82. The number of nitrogens with two attached hydrogens (primary N) is 1. The van der Waals surface area contributed by atoms with E-state index >= 15 is 0 Å². The number of rotatable bonds is 3. The Kier molecular flexibility index (Phi) is 3.41. The van der Waals surface area contributed by atoms with Crippen LogP contribution in [0.1, 0.15) is 18.5 Å². The lowest BCUT2D eigenvalue weighted by molar-refractivity contribution is 0.801. The molecule has 0 aliphatic heterocycles. The highest BCUT2D eigenvalue weighted by Gasteiger charge is 2.13. The fourth-order valence-corrected chi connectivity index (χ4v) is 1.82. The molecule has 2 aromatic rings. The Morgan fingerprint density at radius 1 is 1.26 bits per heavy atom. The zero-order valence-electron chi connectivity index (χ0n) is 10.8. The molecule has 0 bridgehead atoms. The third kappa shape index (κ3) is 2.52. The van der Waals surface area contributed by atoms with Crippen LogP contribution in [0, 0.1) is 0 Å². The van der Waals surface area contributed by atoms with Crippen LogP contribution in [-0.4, -0.2) is 9.55 Å². The van der Waals surface area contributed by atoms with E-state index in [9.17, 15) is 9.59 Å². The van der Waals surface area contributed by atoms with Crippen LogP contribution in [0.4, 0.5) is 11.5 Å². The molecule has 6 heteroatoms. The molecule has 1 aromatic heterocycles. The molecule has 1 atom stereocenters. The van der Waals surface area contributed by atoms with Gasteiger partial charge in [0.25, 0.3) is 5.56 Å². The molecule has 0 fully saturated rings. The Balaban J connectivity index is 2.37. The summed E-state index contributed by atoms with van der Waals surface area (Å²) in [6, 6.07) is 9.56. The summed E-state index contributed by atoms with van der Waals surface area (Å²) in [4.78, 5) is 25.4. The smallest absolute Gasteiger partial charge is 0.329 e. The Morgan fingerprint density at radius 3 is 2.53 bits per heavy atom. The van der Waals surface area contributed by atoms with Crippen LogP contribution in [0.3, 0.4) is 0 Å². The molecular weight excluding hydrogens is 244 g/mol. The number of nitrogen functional groups attached to an aromatic ring is 1. The van der Waals surface area contributed by atoms with Gasteiger partial charge in [-0.1, -0.05) is 30.3 Å². The second-order valence-corrected chi connectivity index (χ2v) is 4.36. The molecule has 19 heavy (non-hydrogen) atoms. The highest BCUT2D eigenvalue weighted by Crippen LogP contribution is 2.19. The van der Waals surface area contributed by atoms with Gasteiger partial charge in [0.05, 0.1) is 0 Å². The number of hydrogen-bond acceptors (Lipinski definition) is 4. The minimum Gasteiger partial charge on any atom is -0.383 e. The topological polar surface area (TPSA) is 92.9 Å². The molecule has 0 radical (unpaired) electrons. The van der Waals surface area contributed by atoms with Gasteiger partial charge in [-0.2, -0.15) is 0 Å². The summed E-state index contributed by atoms with van der Waals surface area (Å²) in [6.45, 7) is 1.92. The van der Waals surface area contributed by atoms with E-state index in [0.29, 0.717) is 0 Å². The summed E-state index contributed by atoms with van der Waals surface area (Å²) in [5, 5.41) is 3.03. The van der Waals surface area contributed by atoms with Crippen LogP contribution in [0.5, 0.6) is 0 Å². The number of anilines is 2. The molecule has 2 rings (SSSR count). The van der Waals surface area contributed by atoms with E-state index in [2.05, 4.69) is 10.3 Å². The van der Waals surface area contributed by atoms with E-state index in [1.165, 1.54) is 11.6 Å². The molecule has 6 nitrogen and oxygen atoms in total. The van der Waals surface area contributed by atoms with Crippen molar-refractivity contribution in [1.29, 1.82) is 0 Å². The summed E-state index contributed by atoms with van der Waals surface area (Å²) < 4.78 is 1.20. The maximum absolute atomic E-state index is 11.8. The van der Waals surface area contributed by atoms with E-state index < -0.39 is 11.2 Å². The number of hydrogen-bond donors (Lipinski definition) is 3. The lowest BCUT2D eigenvalue weighted by Crippen LogP contribution is -2.32. The zero-order chi connectivity index (χ0) is 14.0. The molecule has 0 aliphatic rings. The summed E-state index contributed by atoms with van der Waals surface area (Å²) in [6.07, 6.45) is 0. The van der Waals surface area contributed by atoms with Crippen molar-refractivity contribution in [1.82, 2.24) is 9.55 Å². The van der Waals surface area contributed by atoms with Crippen molar-refractivity contribution >= 4 is 11.5 Å². The lowest BCUT2D eigenvalue weighted by Gasteiger charge is -2.17. The summed E-state index contributed by atoms with van der Waals surface area (Å²) in [7, 11) is 1.51. The van der Waals surface area contributed by atoms with Gasteiger partial charge in [0.15, 0.2) is 0 Å². The van der Waals surface area contributed by atoms with E-state index in [1.807, 2.05) is 37.3 Å². The van der Waals surface area contributed by atoms with Gasteiger partial charge < -0.3 is 11.1 Å². The minimum atomic E-state index is -0.527. The Hall–Kier alpha value is -2.50. The maximum atomic E-state index is 11.8. The van der Waals surface area contributed by atoms with Crippen LogP contribution < -0.4 is 22.3 Å². The average molecular weight is 260 g/mol. The first-order chi connectivity index (χ1) is 9.00. The Bertz CT molecular complexity index is 688. The van der Waals surface area contributed by atoms with Crippen LogP contribution >= 0.6 is 0 Å². The third-order valence-corrected chi connectivity index (χ3v) is 3.03. The van der Waals surface area contributed by atoms with Crippen LogP contribution in [-0.2, 0) is 7.05 Å². The van der Waals surface area contributed by atoms with Crippen molar-refractivity contribution in [3.05, 3.63) is 56.7 Å². The van der Waals surface area contributed by atoms with Gasteiger partial charge in [-0.25, -0.2) is 4.79 Å². The summed E-state index contributed by atoms with van der Waals surface area (Å²) >= 11 is 0. The minimum absolute atomic E-state index is 0.0953. The van der Waals surface area contributed by atoms with E-state index in [1.54, 1.807) is 0 Å². The Morgan fingerprint density at radius 2 is 1.89 bits per heavy atom. The molecule has 0 aliphatic carbocycles. The molecule has 0 spiro atoms. The highest BCUT2D eigenvalue weighted by atomic mass is 16.2. The first-order valence-corrected chi connectivity index (χ1v) is 5.91. The molecule has 0 amide bonds. The van der Waals surface area contributed by atoms with Gasteiger partial charge >= 0.3 is 5.69 Å². The van der Waals surface area contributed by atoms with Crippen molar-refractivity contribution in [2.75, 3.05) is 11.1 Å². The standard InChI is InChI=1S/C13H16N4O2/c1-8(9-6-4-3-5-7-9)15-10-11(14)17(2)13(19)16-12(10)18/h3-8,15H,14H2,1-2H3,(H,16,18,19). The van der Waals surface area contributed by atoms with Crippen LogP contribution in [0.2, 0.25) is 0 Å². The monoisotopic (exact) mass is 260 g/mol. The van der Waals surface area contributed by atoms with Gasteiger partial charge in [0, 0.05) is 13.1 Å². The molecule has 1 aromatic carbocycles. The molecular formula is C13H16N4O2. The fraction of sp³-hybridized carbons (Fsp3) is 0.231. The van der Waals surface area contributed by atoms with Crippen molar-refractivity contribution < 1.29 is 0 Å². The van der Waals surface area contributed by atoms with Crippen molar-refractivity contribution in [2.45, 2.75) is 13.0 Å². The van der Waals surface area contributed by atoms with Crippen molar-refractivity contribution in [3.8, 4) is 0 Å². The number of benzene rings is 1. The third-order valence-electron chi connectivity index (χ3n) is 3.03. The Labute approximate surface area is 109 Å². The number of H-pyrrole nitrogens is 1. The molecule has 0 saturated carbocycles. The zero-order valence-corrected chi connectivity index (χ0v) is 10.8. The highest BCUT2D eigenvalue weighted by molar-refractivity contribution is 5.61. The van der Waals surface area contributed by atoms with Gasteiger partial charge in [0.2, 0.25) is 0 Å². The van der Waals surface area contributed by atoms with Crippen LogP contribution in [0.25, 0.3) is 0 Å². The van der Waals surface area contributed by atoms with Crippen molar-refractivity contribution in [2.24, 2.45) is 7.05 Å². The quantitative estimate of drug-likeness (QED) is 0.762. The van der Waals surface area contributed by atoms with Gasteiger partial charge in [-0.15, -0.1) is 0 Å². The molecule has 0 saturated heterocycles. The van der Waals surface area contributed by atoms with E-state index in [0.717, 1.165) is 5.56 Å². The van der Waals surface area contributed by atoms with E-state index in [4.69, 9.17) is 5.73 Å².